The Labute approximate surface area is 140 Å². The Bertz CT molecular complexity index is 802. The number of benzene rings is 1. The summed E-state index contributed by atoms with van der Waals surface area (Å²) < 4.78 is 1.52. The summed E-state index contributed by atoms with van der Waals surface area (Å²) in [4.78, 5) is 32.9. The lowest BCUT2D eigenvalue weighted by Crippen LogP contribution is -2.36. The molecule has 1 aromatic carbocycles. The molecule has 0 unspecified atom stereocenters. The number of fused-ring (bicyclic) bond motifs is 1. The van der Waals surface area contributed by atoms with Crippen molar-refractivity contribution in [2.24, 2.45) is 0 Å². The van der Waals surface area contributed by atoms with Gasteiger partial charge >= 0.3 is 5.97 Å². The van der Waals surface area contributed by atoms with Crippen LogP contribution < -0.4 is 10.5 Å². The lowest BCUT2D eigenvalue weighted by Gasteiger charge is -2.25. The first kappa shape index (κ1) is 16.4. The van der Waals surface area contributed by atoms with Gasteiger partial charge < -0.3 is 14.9 Å². The molecule has 1 N–H and O–H groups in total. The van der Waals surface area contributed by atoms with Crippen molar-refractivity contribution < 1.29 is 9.90 Å². The number of carboxylic acid groups (broad SMARTS) is 1. The predicted octanol–water partition coefficient (Wildman–Crippen LogP) is 1.01. The Kier molecular flexibility index (Phi) is 4.80. The second-order valence-corrected chi connectivity index (χ2v) is 6.17. The van der Waals surface area contributed by atoms with Gasteiger partial charge in [-0.25, -0.2) is 4.98 Å². The van der Waals surface area contributed by atoms with Crippen LogP contribution in [0.25, 0.3) is 10.9 Å². The van der Waals surface area contributed by atoms with Gasteiger partial charge in [-0.3, -0.25) is 14.2 Å². The Hall–Kier alpha value is -2.41. The van der Waals surface area contributed by atoms with Crippen LogP contribution in [0.3, 0.4) is 0 Å². The van der Waals surface area contributed by atoms with Crippen molar-refractivity contribution in [3.63, 3.8) is 0 Å². The van der Waals surface area contributed by atoms with Crippen LogP contribution in [0.4, 0.5) is 5.95 Å². The van der Waals surface area contributed by atoms with Crippen molar-refractivity contribution in [3.05, 3.63) is 34.6 Å². The Morgan fingerprint density at radius 1 is 1.21 bits per heavy atom. The topological polar surface area (TPSA) is 78.7 Å². The first-order valence-electron chi connectivity index (χ1n) is 8.21. The van der Waals surface area contributed by atoms with E-state index in [1.54, 1.807) is 12.1 Å². The van der Waals surface area contributed by atoms with E-state index in [4.69, 9.17) is 5.11 Å². The number of aromatic nitrogens is 2. The predicted molar refractivity (Wildman–Crippen MR) is 92.6 cm³/mol. The summed E-state index contributed by atoms with van der Waals surface area (Å²) in [6, 6.07) is 7.22. The summed E-state index contributed by atoms with van der Waals surface area (Å²) in [5, 5.41) is 9.53. The quantitative estimate of drug-likeness (QED) is 0.901. The van der Waals surface area contributed by atoms with E-state index in [0.29, 0.717) is 16.9 Å². The van der Waals surface area contributed by atoms with Gasteiger partial charge in [-0.1, -0.05) is 12.1 Å². The minimum atomic E-state index is -0.920. The standard InChI is InChI=1S/C17H22N4O3/c1-19-8-4-9-20(12-11-19)17-18-14-6-3-2-5-13(14)16(24)21(17)10-7-15(22)23/h2-3,5-6H,4,7-12H2,1H3,(H,22,23). The maximum absolute atomic E-state index is 12.8. The van der Waals surface area contributed by atoms with Gasteiger partial charge in [0.2, 0.25) is 5.95 Å². The van der Waals surface area contributed by atoms with Gasteiger partial charge in [-0.15, -0.1) is 0 Å². The summed E-state index contributed by atoms with van der Waals surface area (Å²) in [5.74, 6) is -0.341. The van der Waals surface area contributed by atoms with E-state index >= 15 is 0 Å². The number of rotatable bonds is 4. The number of nitrogens with zero attached hydrogens (tertiary/aromatic N) is 4. The van der Waals surface area contributed by atoms with Crippen LogP contribution in [0.2, 0.25) is 0 Å². The van der Waals surface area contributed by atoms with Crippen LogP contribution in [0, 0.1) is 0 Å². The molecular weight excluding hydrogens is 308 g/mol. The summed E-state index contributed by atoms with van der Waals surface area (Å²) in [7, 11) is 2.08. The van der Waals surface area contributed by atoms with Crippen molar-refractivity contribution in [2.45, 2.75) is 19.4 Å². The maximum atomic E-state index is 12.8. The highest BCUT2D eigenvalue weighted by Crippen LogP contribution is 2.17. The van der Waals surface area contributed by atoms with Gasteiger partial charge in [-0.05, 0) is 32.1 Å². The Balaban J connectivity index is 2.07. The lowest BCUT2D eigenvalue weighted by molar-refractivity contribution is -0.137. The van der Waals surface area contributed by atoms with Crippen molar-refractivity contribution in [1.29, 1.82) is 0 Å². The molecule has 0 radical (unpaired) electrons. The van der Waals surface area contributed by atoms with Crippen LogP contribution in [-0.4, -0.2) is 58.8 Å². The minimum absolute atomic E-state index is 0.0966. The van der Waals surface area contributed by atoms with Gasteiger partial charge in [0.25, 0.3) is 5.56 Å². The zero-order valence-electron chi connectivity index (χ0n) is 13.8. The highest BCUT2D eigenvalue weighted by molar-refractivity contribution is 5.78. The van der Waals surface area contributed by atoms with Gasteiger partial charge in [0.1, 0.15) is 0 Å². The fourth-order valence-corrected chi connectivity index (χ4v) is 3.05. The molecule has 1 aliphatic heterocycles. The summed E-state index contributed by atoms with van der Waals surface area (Å²) in [6.45, 7) is 3.61. The number of hydrogen-bond acceptors (Lipinski definition) is 5. The molecule has 0 spiro atoms. The number of carboxylic acids is 1. The normalized spacial score (nSPS) is 16.3. The van der Waals surface area contributed by atoms with Crippen molar-refractivity contribution in [2.75, 3.05) is 38.1 Å². The van der Waals surface area contributed by atoms with Crippen molar-refractivity contribution >= 4 is 22.8 Å². The molecule has 7 nitrogen and oxygen atoms in total. The molecule has 24 heavy (non-hydrogen) atoms. The molecule has 7 heteroatoms. The molecule has 2 heterocycles. The molecule has 1 fully saturated rings. The zero-order chi connectivity index (χ0) is 17.1. The molecule has 1 saturated heterocycles. The third-order valence-corrected chi connectivity index (χ3v) is 4.39. The smallest absolute Gasteiger partial charge is 0.305 e. The van der Waals surface area contributed by atoms with Gasteiger partial charge in [0.05, 0.1) is 17.3 Å². The number of aliphatic carboxylic acids is 1. The zero-order valence-corrected chi connectivity index (χ0v) is 13.8. The second kappa shape index (κ2) is 7.00. The largest absolute Gasteiger partial charge is 0.481 e. The van der Waals surface area contributed by atoms with E-state index in [1.807, 2.05) is 12.1 Å². The molecular formula is C17H22N4O3. The minimum Gasteiger partial charge on any atom is -0.481 e. The maximum Gasteiger partial charge on any atom is 0.305 e. The molecule has 3 rings (SSSR count). The van der Waals surface area contributed by atoms with E-state index in [0.717, 1.165) is 32.6 Å². The second-order valence-electron chi connectivity index (χ2n) is 6.17. The monoisotopic (exact) mass is 330 g/mol. The number of likely N-dealkylation sites (N-methyl/N-ethyl adjacent to an activating group) is 1. The molecule has 0 amide bonds. The fraction of sp³-hybridized carbons (Fsp3) is 0.471. The molecule has 1 aromatic heterocycles. The summed E-state index contributed by atoms with van der Waals surface area (Å²) >= 11 is 0. The molecule has 1 aliphatic rings. The average Bonchev–Trinajstić information content (AvgIpc) is 2.78. The van der Waals surface area contributed by atoms with Gasteiger partial charge in [0, 0.05) is 26.2 Å². The van der Waals surface area contributed by atoms with Gasteiger partial charge in [0.15, 0.2) is 0 Å². The SMILES string of the molecule is CN1CCCN(c2nc3ccccc3c(=O)n2CCC(=O)O)CC1. The van der Waals surface area contributed by atoms with E-state index < -0.39 is 5.97 Å². The number of anilines is 1. The van der Waals surface area contributed by atoms with Crippen LogP contribution in [0.15, 0.2) is 29.1 Å². The van der Waals surface area contributed by atoms with Crippen molar-refractivity contribution in [3.8, 4) is 0 Å². The first-order chi connectivity index (χ1) is 11.6. The van der Waals surface area contributed by atoms with Crippen molar-refractivity contribution in [1.82, 2.24) is 14.5 Å². The average molecular weight is 330 g/mol. The summed E-state index contributed by atoms with van der Waals surface area (Å²) in [6.07, 6.45) is 0.888. The third-order valence-electron chi connectivity index (χ3n) is 4.39. The molecule has 128 valence electrons. The van der Waals surface area contributed by atoms with E-state index in [9.17, 15) is 9.59 Å². The number of para-hydroxylation sites is 1. The van der Waals surface area contributed by atoms with Crippen LogP contribution >= 0.6 is 0 Å². The van der Waals surface area contributed by atoms with E-state index in [2.05, 4.69) is 21.8 Å². The molecule has 0 atom stereocenters. The molecule has 0 saturated carbocycles. The Morgan fingerprint density at radius 2 is 2.00 bits per heavy atom. The van der Waals surface area contributed by atoms with Crippen LogP contribution in [0.1, 0.15) is 12.8 Å². The number of carbonyl (C=O) groups is 1. The fourth-order valence-electron chi connectivity index (χ4n) is 3.05. The summed E-state index contributed by atoms with van der Waals surface area (Å²) in [5.41, 5.74) is 0.483. The first-order valence-corrected chi connectivity index (χ1v) is 8.21. The van der Waals surface area contributed by atoms with E-state index in [-0.39, 0.29) is 18.5 Å². The molecule has 0 bridgehead atoms. The molecule has 2 aromatic rings. The highest BCUT2D eigenvalue weighted by atomic mass is 16.4. The number of hydrogen-bond donors (Lipinski definition) is 1. The van der Waals surface area contributed by atoms with Crippen LogP contribution in [0.5, 0.6) is 0 Å². The highest BCUT2D eigenvalue weighted by Gasteiger charge is 2.19. The Morgan fingerprint density at radius 3 is 2.79 bits per heavy atom. The molecule has 0 aliphatic carbocycles. The van der Waals surface area contributed by atoms with E-state index in [1.165, 1.54) is 4.57 Å². The third kappa shape index (κ3) is 3.41. The van der Waals surface area contributed by atoms with Gasteiger partial charge in [-0.2, -0.15) is 0 Å². The van der Waals surface area contributed by atoms with Crippen LogP contribution in [-0.2, 0) is 11.3 Å². The lowest BCUT2D eigenvalue weighted by atomic mass is 10.2.